The number of hydrazine groups is 1. The molecule has 0 fully saturated rings. The third-order valence-corrected chi connectivity index (χ3v) is 2.18. The van der Waals surface area contributed by atoms with E-state index in [0.29, 0.717) is 6.54 Å². The van der Waals surface area contributed by atoms with Crippen LogP contribution in [0.15, 0.2) is 0 Å². The van der Waals surface area contributed by atoms with Crippen molar-refractivity contribution in [3.63, 3.8) is 0 Å². The van der Waals surface area contributed by atoms with E-state index in [-0.39, 0.29) is 11.2 Å². The highest BCUT2D eigenvalue weighted by molar-refractivity contribution is 8.00. The zero-order valence-corrected chi connectivity index (χ0v) is 6.78. The average molecular weight is 163 g/mol. The van der Waals surface area contributed by atoms with Gasteiger partial charge < -0.3 is 5.73 Å². The molecule has 1 amide bonds. The van der Waals surface area contributed by atoms with Crippen LogP contribution in [-0.4, -0.2) is 23.5 Å². The molecule has 5 heteroatoms. The standard InChI is InChI=1S/C5H13N3OS/c1-4(5(9)8-7)10-3-2-6/h4H,2-3,6-7H2,1H3,(H,8,9). The van der Waals surface area contributed by atoms with E-state index in [1.54, 1.807) is 6.92 Å². The molecule has 0 saturated heterocycles. The Morgan fingerprint density at radius 3 is 2.80 bits per heavy atom. The Bertz CT molecular complexity index is 109. The number of carbonyl (C=O) groups is 1. The Morgan fingerprint density at radius 1 is 1.80 bits per heavy atom. The lowest BCUT2D eigenvalue weighted by atomic mass is 10.5. The summed E-state index contributed by atoms with van der Waals surface area (Å²) in [6, 6.07) is 0. The Morgan fingerprint density at radius 2 is 2.40 bits per heavy atom. The van der Waals surface area contributed by atoms with Crippen LogP contribution in [0.5, 0.6) is 0 Å². The lowest BCUT2D eigenvalue weighted by Gasteiger charge is -2.06. The number of nitrogens with two attached hydrogens (primary N) is 2. The minimum atomic E-state index is -0.154. The van der Waals surface area contributed by atoms with Gasteiger partial charge >= 0.3 is 0 Å². The predicted octanol–water partition coefficient (Wildman–Crippen LogP) is -0.943. The van der Waals surface area contributed by atoms with E-state index in [1.807, 2.05) is 0 Å². The van der Waals surface area contributed by atoms with Crippen molar-refractivity contribution >= 4 is 17.7 Å². The molecular formula is C5H13N3OS. The molecule has 10 heavy (non-hydrogen) atoms. The number of hydrogen-bond acceptors (Lipinski definition) is 4. The molecule has 0 aromatic rings. The number of hydrogen-bond donors (Lipinski definition) is 3. The van der Waals surface area contributed by atoms with Crippen LogP contribution < -0.4 is 17.0 Å². The third-order valence-electron chi connectivity index (χ3n) is 0.997. The maximum absolute atomic E-state index is 10.7. The van der Waals surface area contributed by atoms with Crippen LogP contribution in [0.4, 0.5) is 0 Å². The summed E-state index contributed by atoms with van der Waals surface area (Å²) < 4.78 is 0. The molecule has 1 unspecified atom stereocenters. The average Bonchev–Trinajstić information content (AvgIpc) is 1.98. The number of nitrogens with one attached hydrogen (secondary N) is 1. The van der Waals surface area contributed by atoms with Gasteiger partial charge in [-0.25, -0.2) is 5.84 Å². The molecule has 0 rings (SSSR count). The quantitative estimate of drug-likeness (QED) is 0.284. The lowest BCUT2D eigenvalue weighted by molar-refractivity contribution is -0.120. The van der Waals surface area contributed by atoms with Crippen molar-refractivity contribution in [3.05, 3.63) is 0 Å². The van der Waals surface area contributed by atoms with Crippen molar-refractivity contribution in [2.24, 2.45) is 11.6 Å². The highest BCUT2D eigenvalue weighted by Gasteiger charge is 2.09. The molecule has 0 aliphatic heterocycles. The van der Waals surface area contributed by atoms with Gasteiger partial charge in [0.05, 0.1) is 5.25 Å². The normalized spacial score (nSPS) is 12.7. The Labute approximate surface area is 64.7 Å². The van der Waals surface area contributed by atoms with Gasteiger partial charge in [-0.3, -0.25) is 10.2 Å². The van der Waals surface area contributed by atoms with Gasteiger partial charge in [-0.2, -0.15) is 0 Å². The molecule has 1 atom stereocenters. The number of carbonyl (C=O) groups excluding carboxylic acids is 1. The SMILES string of the molecule is CC(SCCN)C(=O)NN. The Balaban J connectivity index is 3.41. The van der Waals surface area contributed by atoms with Gasteiger partial charge in [-0.05, 0) is 6.92 Å². The van der Waals surface area contributed by atoms with Gasteiger partial charge in [0.15, 0.2) is 0 Å². The van der Waals surface area contributed by atoms with Gasteiger partial charge in [-0.1, -0.05) is 0 Å². The van der Waals surface area contributed by atoms with Crippen molar-refractivity contribution in [2.75, 3.05) is 12.3 Å². The largest absolute Gasteiger partial charge is 0.330 e. The minimum Gasteiger partial charge on any atom is -0.330 e. The number of thioether (sulfide) groups is 1. The molecule has 5 N–H and O–H groups in total. The van der Waals surface area contributed by atoms with Crippen molar-refractivity contribution in [3.8, 4) is 0 Å². The minimum absolute atomic E-state index is 0.103. The molecule has 4 nitrogen and oxygen atoms in total. The van der Waals surface area contributed by atoms with Crippen LogP contribution in [0.2, 0.25) is 0 Å². The molecule has 0 radical (unpaired) electrons. The zero-order chi connectivity index (χ0) is 7.98. The van der Waals surface area contributed by atoms with Crippen LogP contribution in [0, 0.1) is 0 Å². The van der Waals surface area contributed by atoms with E-state index in [4.69, 9.17) is 11.6 Å². The molecule has 60 valence electrons. The maximum atomic E-state index is 10.7. The molecule has 0 aliphatic rings. The second kappa shape index (κ2) is 5.52. The summed E-state index contributed by atoms with van der Waals surface area (Å²) >= 11 is 1.49. The van der Waals surface area contributed by atoms with Gasteiger partial charge in [-0.15, -0.1) is 11.8 Å². The van der Waals surface area contributed by atoms with Gasteiger partial charge in [0.2, 0.25) is 5.91 Å². The first kappa shape index (κ1) is 9.74. The van der Waals surface area contributed by atoms with Crippen LogP contribution in [0.1, 0.15) is 6.92 Å². The van der Waals surface area contributed by atoms with E-state index in [0.717, 1.165) is 5.75 Å². The molecule has 0 heterocycles. The summed E-state index contributed by atoms with van der Waals surface area (Å²) in [4.78, 5) is 10.7. The van der Waals surface area contributed by atoms with Crippen molar-refractivity contribution in [1.29, 1.82) is 0 Å². The molecule has 0 aliphatic carbocycles. The number of amides is 1. The van der Waals surface area contributed by atoms with E-state index >= 15 is 0 Å². The van der Waals surface area contributed by atoms with Crippen LogP contribution in [-0.2, 0) is 4.79 Å². The molecule has 0 aromatic heterocycles. The smallest absolute Gasteiger partial charge is 0.246 e. The molecule has 0 saturated carbocycles. The second-order valence-corrected chi connectivity index (χ2v) is 3.26. The van der Waals surface area contributed by atoms with Crippen LogP contribution in [0.25, 0.3) is 0 Å². The van der Waals surface area contributed by atoms with Crippen molar-refractivity contribution in [1.82, 2.24) is 5.43 Å². The van der Waals surface area contributed by atoms with Gasteiger partial charge in [0.1, 0.15) is 0 Å². The molecular weight excluding hydrogens is 150 g/mol. The summed E-state index contributed by atoms with van der Waals surface area (Å²) in [7, 11) is 0. The monoisotopic (exact) mass is 163 g/mol. The highest BCUT2D eigenvalue weighted by Crippen LogP contribution is 2.07. The van der Waals surface area contributed by atoms with E-state index in [9.17, 15) is 4.79 Å². The predicted molar refractivity (Wildman–Crippen MR) is 43.3 cm³/mol. The van der Waals surface area contributed by atoms with Crippen molar-refractivity contribution in [2.45, 2.75) is 12.2 Å². The fourth-order valence-electron chi connectivity index (χ4n) is 0.438. The van der Waals surface area contributed by atoms with E-state index in [2.05, 4.69) is 5.43 Å². The summed E-state index contributed by atoms with van der Waals surface area (Å²) in [6.45, 7) is 2.38. The summed E-state index contributed by atoms with van der Waals surface area (Å²) in [5, 5.41) is -0.103. The second-order valence-electron chi connectivity index (χ2n) is 1.81. The number of rotatable bonds is 4. The maximum Gasteiger partial charge on any atom is 0.246 e. The Hall–Kier alpha value is -0.260. The Kier molecular flexibility index (Phi) is 5.38. The summed E-state index contributed by atoms with van der Waals surface area (Å²) in [5.41, 5.74) is 7.31. The highest BCUT2D eigenvalue weighted by atomic mass is 32.2. The summed E-state index contributed by atoms with van der Waals surface area (Å²) in [5.74, 6) is 5.53. The first-order valence-corrected chi connectivity index (χ1v) is 4.09. The van der Waals surface area contributed by atoms with Gasteiger partial charge in [0, 0.05) is 12.3 Å². The van der Waals surface area contributed by atoms with E-state index in [1.165, 1.54) is 11.8 Å². The topological polar surface area (TPSA) is 81.1 Å². The fourth-order valence-corrected chi connectivity index (χ4v) is 1.15. The van der Waals surface area contributed by atoms with Crippen LogP contribution in [0.3, 0.4) is 0 Å². The van der Waals surface area contributed by atoms with Crippen LogP contribution >= 0.6 is 11.8 Å². The zero-order valence-electron chi connectivity index (χ0n) is 5.96. The van der Waals surface area contributed by atoms with E-state index < -0.39 is 0 Å². The van der Waals surface area contributed by atoms with Gasteiger partial charge in [0.25, 0.3) is 0 Å². The fraction of sp³-hybridized carbons (Fsp3) is 0.800. The first-order chi connectivity index (χ1) is 4.72. The van der Waals surface area contributed by atoms with Crippen molar-refractivity contribution < 1.29 is 4.79 Å². The lowest BCUT2D eigenvalue weighted by Crippen LogP contribution is -2.36. The summed E-state index contributed by atoms with van der Waals surface area (Å²) in [6.07, 6.45) is 0. The molecule has 0 bridgehead atoms. The molecule has 0 aromatic carbocycles. The third kappa shape index (κ3) is 3.71. The first-order valence-electron chi connectivity index (χ1n) is 3.04. The molecule has 0 spiro atoms.